The molecule has 8 nitrogen and oxygen atoms in total. The molecule has 1 fully saturated rings. The molecule has 2 aromatic rings. The molecule has 1 amide bonds. The second kappa shape index (κ2) is 10.4. The van der Waals surface area contributed by atoms with Crippen LogP contribution in [0.4, 0.5) is 0 Å². The lowest BCUT2D eigenvalue weighted by atomic mass is 10.1. The van der Waals surface area contributed by atoms with Crippen LogP contribution in [0.5, 0.6) is 5.75 Å². The van der Waals surface area contributed by atoms with Crippen molar-refractivity contribution < 1.29 is 17.9 Å². The van der Waals surface area contributed by atoms with Gasteiger partial charge in [0.1, 0.15) is 5.75 Å². The second-order valence-electron chi connectivity index (χ2n) is 8.78. The van der Waals surface area contributed by atoms with Gasteiger partial charge in [0.2, 0.25) is 5.91 Å². The van der Waals surface area contributed by atoms with Crippen LogP contribution in [0.1, 0.15) is 41.8 Å². The number of likely N-dealkylation sites (N-methyl/N-ethyl adjacent to an activating group) is 1. The van der Waals surface area contributed by atoms with Crippen molar-refractivity contribution >= 4 is 15.7 Å². The SMILES string of the molecule is CC(C)COc1cc(CN(C)C2CCNC2)cc(S(=O)(=O)Cc2cncc(C(N)=O)c2)c1. The Hall–Kier alpha value is -2.49. The third-order valence-corrected chi connectivity index (χ3v) is 7.08. The van der Waals surface area contributed by atoms with E-state index in [9.17, 15) is 13.2 Å². The Morgan fingerprint density at radius 3 is 2.69 bits per heavy atom. The third kappa shape index (κ3) is 6.51. The van der Waals surface area contributed by atoms with Crippen molar-refractivity contribution in [2.45, 2.75) is 43.5 Å². The number of nitrogens with zero attached hydrogens (tertiary/aromatic N) is 2. The first-order chi connectivity index (χ1) is 15.1. The molecule has 1 saturated heterocycles. The highest BCUT2D eigenvalue weighted by Crippen LogP contribution is 2.26. The smallest absolute Gasteiger partial charge is 0.250 e. The van der Waals surface area contributed by atoms with E-state index in [1.807, 2.05) is 19.9 Å². The standard InChI is InChI=1S/C23H32N4O4S/c1-16(2)14-31-21-7-17(13-27(3)20-4-5-25-12-20)8-22(9-21)32(29,30)15-18-6-19(23(24)28)11-26-10-18/h6-11,16,20,25H,4-5,12-15H2,1-3H3,(H2,24,28). The first-order valence-electron chi connectivity index (χ1n) is 10.8. The molecule has 0 aliphatic carbocycles. The highest BCUT2D eigenvalue weighted by atomic mass is 32.2. The number of pyridine rings is 1. The number of benzene rings is 1. The average Bonchev–Trinajstić information content (AvgIpc) is 3.27. The van der Waals surface area contributed by atoms with Gasteiger partial charge in [0.15, 0.2) is 9.84 Å². The first-order valence-corrected chi connectivity index (χ1v) is 12.4. The predicted molar refractivity (Wildman–Crippen MR) is 123 cm³/mol. The highest BCUT2D eigenvalue weighted by molar-refractivity contribution is 7.90. The molecule has 1 aromatic carbocycles. The van der Waals surface area contributed by atoms with E-state index in [1.54, 1.807) is 12.1 Å². The van der Waals surface area contributed by atoms with Crippen molar-refractivity contribution in [1.82, 2.24) is 15.2 Å². The molecular weight excluding hydrogens is 428 g/mol. The Balaban J connectivity index is 1.89. The molecule has 1 aliphatic heterocycles. The normalized spacial score (nSPS) is 16.6. The molecule has 3 N–H and O–H groups in total. The Labute approximate surface area is 190 Å². The summed E-state index contributed by atoms with van der Waals surface area (Å²) in [5.74, 6) is -0.0748. The number of sulfone groups is 1. The van der Waals surface area contributed by atoms with Crippen LogP contribution in [0.2, 0.25) is 0 Å². The molecular formula is C23H32N4O4S. The maximum atomic E-state index is 13.2. The topological polar surface area (TPSA) is 115 Å². The van der Waals surface area contributed by atoms with E-state index in [4.69, 9.17) is 10.5 Å². The summed E-state index contributed by atoms with van der Waals surface area (Å²) in [5.41, 5.74) is 6.76. The van der Waals surface area contributed by atoms with Crippen LogP contribution >= 0.6 is 0 Å². The van der Waals surface area contributed by atoms with Gasteiger partial charge in [0, 0.05) is 31.5 Å². The van der Waals surface area contributed by atoms with E-state index in [-0.39, 0.29) is 16.2 Å². The zero-order chi connectivity index (χ0) is 23.3. The van der Waals surface area contributed by atoms with Gasteiger partial charge in [-0.15, -0.1) is 0 Å². The fourth-order valence-corrected chi connectivity index (χ4v) is 5.07. The minimum atomic E-state index is -3.70. The lowest BCUT2D eigenvalue weighted by molar-refractivity contribution is 0.1000. The van der Waals surface area contributed by atoms with E-state index in [0.29, 0.717) is 36.4 Å². The summed E-state index contributed by atoms with van der Waals surface area (Å²) in [6.07, 6.45) is 3.82. The third-order valence-electron chi connectivity index (χ3n) is 5.41. The summed E-state index contributed by atoms with van der Waals surface area (Å²) in [6.45, 7) is 7.11. The molecule has 0 spiro atoms. The van der Waals surface area contributed by atoms with Gasteiger partial charge in [0.25, 0.3) is 0 Å². The maximum absolute atomic E-state index is 13.2. The lowest BCUT2D eigenvalue weighted by Gasteiger charge is -2.24. The Morgan fingerprint density at radius 2 is 2.03 bits per heavy atom. The minimum absolute atomic E-state index is 0.180. The second-order valence-corrected chi connectivity index (χ2v) is 10.8. The molecule has 1 aromatic heterocycles. The minimum Gasteiger partial charge on any atom is -0.493 e. The van der Waals surface area contributed by atoms with Crippen molar-refractivity contribution in [1.29, 1.82) is 0 Å². The van der Waals surface area contributed by atoms with Crippen molar-refractivity contribution in [2.24, 2.45) is 11.7 Å². The van der Waals surface area contributed by atoms with Crippen LogP contribution in [-0.4, -0.2) is 57.0 Å². The van der Waals surface area contributed by atoms with Gasteiger partial charge in [-0.05, 0) is 61.3 Å². The molecule has 2 heterocycles. The molecule has 174 valence electrons. The maximum Gasteiger partial charge on any atom is 0.250 e. The molecule has 0 radical (unpaired) electrons. The fourth-order valence-electron chi connectivity index (χ4n) is 3.68. The monoisotopic (exact) mass is 460 g/mol. The summed E-state index contributed by atoms with van der Waals surface area (Å²) < 4.78 is 32.4. The van der Waals surface area contributed by atoms with Gasteiger partial charge in [-0.25, -0.2) is 8.42 Å². The van der Waals surface area contributed by atoms with Crippen LogP contribution in [0.25, 0.3) is 0 Å². The van der Waals surface area contributed by atoms with Gasteiger partial charge < -0.3 is 15.8 Å². The number of amides is 1. The van der Waals surface area contributed by atoms with Gasteiger partial charge in [-0.2, -0.15) is 0 Å². The highest BCUT2D eigenvalue weighted by Gasteiger charge is 2.22. The number of aromatic nitrogens is 1. The summed E-state index contributed by atoms with van der Waals surface area (Å²) in [6, 6.07) is 7.08. The Kier molecular flexibility index (Phi) is 7.86. The zero-order valence-electron chi connectivity index (χ0n) is 18.9. The molecule has 1 aliphatic rings. The molecule has 0 bridgehead atoms. The fraction of sp³-hybridized carbons (Fsp3) is 0.478. The number of nitrogens with two attached hydrogens (primary N) is 1. The largest absolute Gasteiger partial charge is 0.493 e. The van der Waals surface area contributed by atoms with Crippen molar-refractivity contribution in [3.8, 4) is 5.75 Å². The van der Waals surface area contributed by atoms with Crippen LogP contribution in [0.15, 0.2) is 41.6 Å². The Morgan fingerprint density at radius 1 is 1.25 bits per heavy atom. The van der Waals surface area contributed by atoms with Crippen molar-refractivity contribution in [3.05, 3.63) is 53.3 Å². The van der Waals surface area contributed by atoms with E-state index in [0.717, 1.165) is 25.1 Å². The number of hydrogen-bond acceptors (Lipinski definition) is 7. The van der Waals surface area contributed by atoms with E-state index in [2.05, 4.69) is 22.2 Å². The van der Waals surface area contributed by atoms with E-state index >= 15 is 0 Å². The van der Waals surface area contributed by atoms with Crippen molar-refractivity contribution in [2.75, 3.05) is 26.7 Å². The van der Waals surface area contributed by atoms with Gasteiger partial charge in [-0.1, -0.05) is 13.8 Å². The molecule has 32 heavy (non-hydrogen) atoms. The van der Waals surface area contributed by atoms with E-state index < -0.39 is 15.7 Å². The summed E-state index contributed by atoms with van der Waals surface area (Å²) in [5, 5.41) is 3.36. The first kappa shape index (κ1) is 24.2. The summed E-state index contributed by atoms with van der Waals surface area (Å²) in [7, 11) is -1.65. The molecule has 3 rings (SSSR count). The lowest BCUT2D eigenvalue weighted by Crippen LogP contribution is -2.32. The van der Waals surface area contributed by atoms with Crippen LogP contribution in [0.3, 0.4) is 0 Å². The van der Waals surface area contributed by atoms with Crippen molar-refractivity contribution in [3.63, 3.8) is 0 Å². The summed E-state index contributed by atoms with van der Waals surface area (Å²) >= 11 is 0. The van der Waals surface area contributed by atoms with Crippen LogP contribution < -0.4 is 15.8 Å². The van der Waals surface area contributed by atoms with Gasteiger partial charge in [-0.3, -0.25) is 14.7 Å². The number of hydrogen-bond donors (Lipinski definition) is 2. The van der Waals surface area contributed by atoms with Crippen LogP contribution in [-0.2, 0) is 22.1 Å². The number of ether oxygens (including phenoxy) is 1. The van der Waals surface area contributed by atoms with Crippen LogP contribution in [0, 0.1) is 5.92 Å². The molecule has 0 saturated carbocycles. The molecule has 1 unspecified atom stereocenters. The Bertz CT molecular complexity index is 1050. The zero-order valence-corrected chi connectivity index (χ0v) is 19.7. The number of primary amides is 1. The quantitative estimate of drug-likeness (QED) is 0.557. The molecule has 9 heteroatoms. The average molecular weight is 461 g/mol. The number of rotatable bonds is 10. The number of nitrogens with one attached hydrogen (secondary N) is 1. The summed E-state index contributed by atoms with van der Waals surface area (Å²) in [4.78, 5) is 17.8. The van der Waals surface area contributed by atoms with Gasteiger partial charge in [0.05, 0.1) is 22.8 Å². The number of carbonyl (C=O) groups is 1. The van der Waals surface area contributed by atoms with E-state index in [1.165, 1.54) is 18.5 Å². The van der Waals surface area contributed by atoms with Gasteiger partial charge >= 0.3 is 0 Å². The number of carbonyl (C=O) groups excluding carboxylic acids is 1. The predicted octanol–water partition coefficient (Wildman–Crippen LogP) is 1.98. The molecule has 1 atom stereocenters.